The Balaban J connectivity index is 1.84. The highest BCUT2D eigenvalue weighted by molar-refractivity contribution is 5.91. The summed E-state index contributed by atoms with van der Waals surface area (Å²) in [6.45, 7) is 2.62. The lowest BCUT2D eigenvalue weighted by Gasteiger charge is -2.06. The third kappa shape index (κ3) is 3.59. The van der Waals surface area contributed by atoms with Crippen LogP contribution >= 0.6 is 0 Å². The van der Waals surface area contributed by atoms with Gasteiger partial charge in [-0.15, -0.1) is 0 Å². The molecule has 1 heterocycles. The first-order valence-corrected chi connectivity index (χ1v) is 6.16. The lowest BCUT2D eigenvalue weighted by molar-refractivity contribution is -0.118. The molecule has 0 radical (unpaired) electrons. The van der Waals surface area contributed by atoms with Gasteiger partial charge in [0.25, 0.3) is 5.91 Å². The Hall–Kier alpha value is -2.81. The van der Waals surface area contributed by atoms with Gasteiger partial charge in [-0.1, -0.05) is 0 Å². The fourth-order valence-corrected chi connectivity index (χ4v) is 1.57. The second kappa shape index (κ2) is 6.38. The zero-order valence-electron chi connectivity index (χ0n) is 11.0. The molecule has 1 aromatic carbocycles. The summed E-state index contributed by atoms with van der Waals surface area (Å²) in [6, 6.07) is 8.60. The van der Waals surface area contributed by atoms with Crippen molar-refractivity contribution >= 4 is 11.6 Å². The van der Waals surface area contributed by atoms with Gasteiger partial charge in [0.2, 0.25) is 0 Å². The van der Waals surface area contributed by atoms with E-state index < -0.39 is 0 Å². The summed E-state index contributed by atoms with van der Waals surface area (Å²) in [5, 5.41) is 15.4. The molecule has 0 saturated heterocycles. The number of aromatic nitrogens is 2. The maximum absolute atomic E-state index is 11.7. The van der Waals surface area contributed by atoms with Gasteiger partial charge in [-0.05, 0) is 31.2 Å². The number of nitriles is 1. The molecule has 20 heavy (non-hydrogen) atoms. The van der Waals surface area contributed by atoms with E-state index in [9.17, 15) is 4.79 Å². The average Bonchev–Trinajstić information content (AvgIpc) is 2.93. The van der Waals surface area contributed by atoms with Crippen molar-refractivity contribution in [2.24, 2.45) is 0 Å². The second-order valence-corrected chi connectivity index (χ2v) is 4.06. The number of hydrogen-bond donors (Lipinski definition) is 1. The van der Waals surface area contributed by atoms with Gasteiger partial charge >= 0.3 is 0 Å². The quantitative estimate of drug-likeness (QED) is 0.898. The lowest BCUT2D eigenvalue weighted by Crippen LogP contribution is -2.19. The fraction of sp³-hybridized carbons (Fsp3) is 0.214. The number of hydrogen-bond acceptors (Lipinski definition) is 4. The van der Waals surface area contributed by atoms with Crippen molar-refractivity contribution in [2.45, 2.75) is 13.5 Å². The molecular weight excluding hydrogens is 256 g/mol. The minimum Gasteiger partial charge on any atom is -0.484 e. The molecule has 1 amide bonds. The molecule has 0 fully saturated rings. The van der Waals surface area contributed by atoms with Crippen LogP contribution in [0, 0.1) is 11.3 Å². The van der Waals surface area contributed by atoms with E-state index in [1.807, 2.05) is 13.0 Å². The van der Waals surface area contributed by atoms with Gasteiger partial charge in [0, 0.05) is 12.7 Å². The van der Waals surface area contributed by atoms with Crippen LogP contribution in [0.25, 0.3) is 0 Å². The highest BCUT2D eigenvalue weighted by Gasteiger charge is 2.05. The van der Waals surface area contributed by atoms with Gasteiger partial charge in [-0.3, -0.25) is 9.48 Å². The molecule has 6 heteroatoms. The predicted octanol–water partition coefficient (Wildman–Crippen LogP) is 1.79. The van der Waals surface area contributed by atoms with Crippen molar-refractivity contribution in [3.63, 3.8) is 0 Å². The van der Waals surface area contributed by atoms with Crippen LogP contribution < -0.4 is 10.1 Å². The van der Waals surface area contributed by atoms with Crippen LogP contribution in [0.5, 0.6) is 5.75 Å². The first kappa shape index (κ1) is 13.6. The van der Waals surface area contributed by atoms with E-state index in [0.29, 0.717) is 17.0 Å². The number of carbonyl (C=O) groups excluding carboxylic acids is 1. The first-order valence-electron chi connectivity index (χ1n) is 6.16. The summed E-state index contributed by atoms with van der Waals surface area (Å²) < 4.78 is 7.04. The number of anilines is 1. The molecule has 2 aromatic rings. The molecular formula is C14H14N4O2. The number of rotatable bonds is 5. The van der Waals surface area contributed by atoms with Gasteiger partial charge < -0.3 is 10.1 Å². The van der Waals surface area contributed by atoms with E-state index >= 15 is 0 Å². The molecule has 1 N–H and O–H groups in total. The fourth-order valence-electron chi connectivity index (χ4n) is 1.57. The Morgan fingerprint density at radius 3 is 2.80 bits per heavy atom. The van der Waals surface area contributed by atoms with E-state index in [-0.39, 0.29) is 12.5 Å². The van der Waals surface area contributed by atoms with Crippen molar-refractivity contribution in [2.75, 3.05) is 11.9 Å². The molecule has 0 spiro atoms. The lowest BCUT2D eigenvalue weighted by atomic mass is 10.2. The SMILES string of the molecule is CCn1cc(NC(=O)COc2ccc(C#N)cc2)cn1. The summed E-state index contributed by atoms with van der Waals surface area (Å²) >= 11 is 0. The molecule has 1 aromatic heterocycles. The number of nitrogens with zero attached hydrogens (tertiary/aromatic N) is 3. The summed E-state index contributed by atoms with van der Waals surface area (Å²) in [7, 11) is 0. The maximum atomic E-state index is 11.7. The summed E-state index contributed by atoms with van der Waals surface area (Å²) in [6.07, 6.45) is 3.34. The van der Waals surface area contributed by atoms with Crippen molar-refractivity contribution in [1.82, 2.24) is 9.78 Å². The van der Waals surface area contributed by atoms with Crippen LogP contribution in [-0.2, 0) is 11.3 Å². The zero-order chi connectivity index (χ0) is 14.4. The first-order chi connectivity index (χ1) is 9.71. The largest absolute Gasteiger partial charge is 0.484 e. The number of nitrogens with one attached hydrogen (secondary N) is 1. The van der Waals surface area contributed by atoms with E-state index in [0.717, 1.165) is 6.54 Å². The van der Waals surface area contributed by atoms with E-state index in [2.05, 4.69) is 10.4 Å². The van der Waals surface area contributed by atoms with Crippen molar-refractivity contribution < 1.29 is 9.53 Å². The molecule has 0 saturated carbocycles. The minimum atomic E-state index is -0.259. The summed E-state index contributed by atoms with van der Waals surface area (Å²) in [5.74, 6) is 0.286. The predicted molar refractivity (Wildman–Crippen MR) is 73.2 cm³/mol. The molecule has 0 aliphatic carbocycles. The summed E-state index contributed by atoms with van der Waals surface area (Å²) in [4.78, 5) is 11.7. The van der Waals surface area contributed by atoms with Gasteiger partial charge in [0.1, 0.15) is 5.75 Å². The Kier molecular flexibility index (Phi) is 4.35. The van der Waals surface area contributed by atoms with Crippen LogP contribution in [0.15, 0.2) is 36.7 Å². The van der Waals surface area contributed by atoms with Crippen molar-refractivity contribution in [3.8, 4) is 11.8 Å². The number of aryl methyl sites for hydroxylation is 1. The van der Waals surface area contributed by atoms with Crippen LogP contribution in [-0.4, -0.2) is 22.3 Å². The highest BCUT2D eigenvalue weighted by atomic mass is 16.5. The molecule has 0 aliphatic heterocycles. The van der Waals surface area contributed by atoms with Crippen LogP contribution in [0.3, 0.4) is 0 Å². The second-order valence-electron chi connectivity index (χ2n) is 4.06. The molecule has 0 bridgehead atoms. The van der Waals surface area contributed by atoms with E-state index in [1.165, 1.54) is 0 Å². The van der Waals surface area contributed by atoms with Crippen molar-refractivity contribution in [1.29, 1.82) is 5.26 Å². The standard InChI is InChI=1S/C14H14N4O2/c1-2-18-9-12(8-16-18)17-14(19)10-20-13-5-3-11(7-15)4-6-13/h3-6,8-9H,2,10H2,1H3,(H,17,19). The molecule has 0 aliphatic rings. The number of carbonyl (C=O) groups is 1. The zero-order valence-corrected chi connectivity index (χ0v) is 11.0. The molecule has 6 nitrogen and oxygen atoms in total. The Morgan fingerprint density at radius 2 is 2.20 bits per heavy atom. The van der Waals surface area contributed by atoms with E-state index in [1.54, 1.807) is 41.3 Å². The van der Waals surface area contributed by atoms with Gasteiger partial charge in [0.05, 0.1) is 23.5 Å². The third-order valence-electron chi connectivity index (χ3n) is 2.59. The maximum Gasteiger partial charge on any atom is 0.262 e. The van der Waals surface area contributed by atoms with Crippen LogP contribution in [0.1, 0.15) is 12.5 Å². The van der Waals surface area contributed by atoms with Crippen LogP contribution in [0.4, 0.5) is 5.69 Å². The number of benzene rings is 1. The number of amides is 1. The summed E-state index contributed by atoms with van der Waals surface area (Å²) in [5.41, 5.74) is 1.19. The van der Waals surface area contributed by atoms with Gasteiger partial charge in [-0.25, -0.2) is 0 Å². The molecule has 102 valence electrons. The average molecular weight is 270 g/mol. The monoisotopic (exact) mass is 270 g/mol. The highest BCUT2D eigenvalue weighted by Crippen LogP contribution is 2.11. The molecule has 0 atom stereocenters. The normalized spacial score (nSPS) is 9.80. The Labute approximate surface area is 116 Å². The van der Waals surface area contributed by atoms with Gasteiger partial charge in [-0.2, -0.15) is 10.4 Å². The number of ether oxygens (including phenoxy) is 1. The Morgan fingerprint density at radius 1 is 1.45 bits per heavy atom. The van der Waals surface area contributed by atoms with E-state index in [4.69, 9.17) is 10.00 Å². The topological polar surface area (TPSA) is 79.9 Å². The molecule has 2 rings (SSSR count). The third-order valence-corrected chi connectivity index (χ3v) is 2.59. The smallest absolute Gasteiger partial charge is 0.262 e. The van der Waals surface area contributed by atoms with Crippen LogP contribution in [0.2, 0.25) is 0 Å². The molecule has 0 unspecified atom stereocenters. The Bertz CT molecular complexity index is 625. The van der Waals surface area contributed by atoms with Crippen molar-refractivity contribution in [3.05, 3.63) is 42.2 Å². The van der Waals surface area contributed by atoms with Gasteiger partial charge in [0.15, 0.2) is 6.61 Å². The minimum absolute atomic E-state index is 0.0940.